The van der Waals surface area contributed by atoms with Crippen molar-refractivity contribution in [2.45, 2.75) is 34.1 Å². The third-order valence-corrected chi connectivity index (χ3v) is 3.17. The zero-order valence-electron chi connectivity index (χ0n) is 13.9. The molecule has 0 aliphatic heterocycles. The van der Waals surface area contributed by atoms with Gasteiger partial charge >= 0.3 is 0 Å². The maximum Gasteiger partial charge on any atom is 0.239 e. The van der Waals surface area contributed by atoms with Gasteiger partial charge in [-0.1, -0.05) is 20.8 Å². The summed E-state index contributed by atoms with van der Waals surface area (Å²) in [5.41, 5.74) is 0.953. The maximum atomic E-state index is 11.9. The second-order valence-corrected chi connectivity index (χ2v) is 5.59. The number of likely N-dealkylation sites (N-methyl/N-ethyl adjacent to an activating group) is 1. The molecule has 118 valence electrons. The molecule has 6 nitrogen and oxygen atoms in total. The summed E-state index contributed by atoms with van der Waals surface area (Å²) < 4.78 is 0. The molecule has 1 rings (SSSR count). The van der Waals surface area contributed by atoms with E-state index in [9.17, 15) is 4.79 Å². The van der Waals surface area contributed by atoms with Crippen LogP contribution in [0.5, 0.6) is 0 Å². The van der Waals surface area contributed by atoms with Gasteiger partial charge in [-0.3, -0.25) is 4.79 Å². The van der Waals surface area contributed by atoms with Gasteiger partial charge in [0.2, 0.25) is 5.91 Å². The Morgan fingerprint density at radius 1 is 1.33 bits per heavy atom. The van der Waals surface area contributed by atoms with E-state index in [4.69, 9.17) is 0 Å². The number of carbonyl (C=O) groups is 1. The van der Waals surface area contributed by atoms with E-state index < -0.39 is 0 Å². The Balaban J connectivity index is 2.86. The van der Waals surface area contributed by atoms with E-state index in [1.165, 1.54) is 0 Å². The number of aromatic nitrogens is 2. The van der Waals surface area contributed by atoms with E-state index in [0.29, 0.717) is 12.5 Å². The van der Waals surface area contributed by atoms with Crippen LogP contribution in [0.25, 0.3) is 0 Å². The molecule has 0 fully saturated rings. The van der Waals surface area contributed by atoms with Crippen molar-refractivity contribution < 1.29 is 4.79 Å². The quantitative estimate of drug-likeness (QED) is 0.799. The molecule has 0 atom stereocenters. The number of carbonyl (C=O) groups excluding carboxylic acids is 1. The summed E-state index contributed by atoms with van der Waals surface area (Å²) in [6, 6.07) is 0. The lowest BCUT2D eigenvalue weighted by Gasteiger charge is -2.22. The molecule has 0 aliphatic rings. The van der Waals surface area contributed by atoms with Crippen molar-refractivity contribution in [2.24, 2.45) is 5.92 Å². The van der Waals surface area contributed by atoms with Gasteiger partial charge in [-0.25, -0.2) is 9.97 Å². The van der Waals surface area contributed by atoms with Crippen LogP contribution in [0.4, 0.5) is 11.6 Å². The standard InChI is InChI=1S/C15H27N5O/c1-7-12-18-14(16-5)11(4)15(19-12)20(6)9-13(21)17-8-10(2)3/h10H,7-9H2,1-6H3,(H,17,21)(H,16,18,19). The van der Waals surface area contributed by atoms with Crippen LogP contribution in [0.3, 0.4) is 0 Å². The van der Waals surface area contributed by atoms with E-state index in [2.05, 4.69) is 34.4 Å². The molecule has 21 heavy (non-hydrogen) atoms. The van der Waals surface area contributed by atoms with E-state index in [1.54, 1.807) is 0 Å². The fourth-order valence-electron chi connectivity index (χ4n) is 1.99. The highest BCUT2D eigenvalue weighted by Crippen LogP contribution is 2.22. The predicted molar refractivity (Wildman–Crippen MR) is 86.8 cm³/mol. The summed E-state index contributed by atoms with van der Waals surface area (Å²) in [6.07, 6.45) is 0.759. The summed E-state index contributed by atoms with van der Waals surface area (Å²) >= 11 is 0. The minimum Gasteiger partial charge on any atom is -0.373 e. The molecule has 0 saturated carbocycles. The van der Waals surface area contributed by atoms with Crippen molar-refractivity contribution in [1.82, 2.24) is 15.3 Å². The average Bonchev–Trinajstić information content (AvgIpc) is 2.45. The Kier molecular flexibility index (Phi) is 6.39. The van der Waals surface area contributed by atoms with E-state index in [1.807, 2.05) is 32.8 Å². The summed E-state index contributed by atoms with van der Waals surface area (Å²) in [7, 11) is 3.72. The van der Waals surface area contributed by atoms with Crippen molar-refractivity contribution in [3.05, 3.63) is 11.4 Å². The van der Waals surface area contributed by atoms with Crippen LogP contribution >= 0.6 is 0 Å². The number of nitrogens with one attached hydrogen (secondary N) is 2. The molecule has 0 aliphatic carbocycles. The largest absolute Gasteiger partial charge is 0.373 e. The molecule has 1 heterocycles. The zero-order chi connectivity index (χ0) is 16.0. The molecule has 0 unspecified atom stereocenters. The van der Waals surface area contributed by atoms with Gasteiger partial charge in [0.05, 0.1) is 6.54 Å². The van der Waals surface area contributed by atoms with Crippen LogP contribution in [0, 0.1) is 12.8 Å². The number of hydrogen-bond donors (Lipinski definition) is 2. The SMILES string of the molecule is CCc1nc(NC)c(C)c(N(C)CC(=O)NCC(C)C)n1. The monoisotopic (exact) mass is 293 g/mol. The van der Waals surface area contributed by atoms with Gasteiger partial charge in [-0.2, -0.15) is 0 Å². The fraction of sp³-hybridized carbons (Fsp3) is 0.667. The van der Waals surface area contributed by atoms with Crippen LogP contribution in [0.15, 0.2) is 0 Å². The second kappa shape index (κ2) is 7.81. The Bertz CT molecular complexity index is 487. The molecule has 1 aromatic rings. The molecule has 2 N–H and O–H groups in total. The van der Waals surface area contributed by atoms with Gasteiger partial charge in [-0.15, -0.1) is 0 Å². The summed E-state index contributed by atoms with van der Waals surface area (Å²) in [5.74, 6) is 2.84. The average molecular weight is 293 g/mol. The van der Waals surface area contributed by atoms with E-state index in [-0.39, 0.29) is 12.5 Å². The van der Waals surface area contributed by atoms with Crippen molar-refractivity contribution in [3.8, 4) is 0 Å². The molecular weight excluding hydrogens is 266 g/mol. The van der Waals surface area contributed by atoms with Crippen LogP contribution in [0.1, 0.15) is 32.2 Å². The Labute approximate surface area is 127 Å². The normalized spacial score (nSPS) is 10.6. The smallest absolute Gasteiger partial charge is 0.239 e. The zero-order valence-corrected chi connectivity index (χ0v) is 13.9. The van der Waals surface area contributed by atoms with Gasteiger partial charge < -0.3 is 15.5 Å². The van der Waals surface area contributed by atoms with Crippen LogP contribution in [-0.4, -0.2) is 43.1 Å². The number of rotatable bonds is 7. The molecule has 0 saturated heterocycles. The van der Waals surface area contributed by atoms with Crippen molar-refractivity contribution in [2.75, 3.05) is 37.4 Å². The first-order valence-electron chi connectivity index (χ1n) is 7.42. The molecule has 0 aromatic carbocycles. The van der Waals surface area contributed by atoms with Crippen LogP contribution in [0.2, 0.25) is 0 Å². The molecule has 6 heteroatoms. The maximum absolute atomic E-state index is 11.9. The summed E-state index contributed by atoms with van der Waals surface area (Å²) in [6.45, 7) is 9.11. The van der Waals surface area contributed by atoms with Gasteiger partial charge in [0.1, 0.15) is 17.5 Å². The first-order valence-corrected chi connectivity index (χ1v) is 7.42. The first-order chi connectivity index (χ1) is 9.88. The van der Waals surface area contributed by atoms with Crippen molar-refractivity contribution >= 4 is 17.5 Å². The van der Waals surface area contributed by atoms with Crippen LogP contribution < -0.4 is 15.5 Å². The fourth-order valence-corrected chi connectivity index (χ4v) is 1.99. The Hall–Kier alpha value is -1.85. The Morgan fingerprint density at radius 2 is 2.00 bits per heavy atom. The lowest BCUT2D eigenvalue weighted by atomic mass is 10.2. The van der Waals surface area contributed by atoms with Crippen molar-refractivity contribution in [3.63, 3.8) is 0 Å². The number of hydrogen-bond acceptors (Lipinski definition) is 5. The molecule has 0 bridgehead atoms. The lowest BCUT2D eigenvalue weighted by molar-refractivity contribution is -0.119. The Morgan fingerprint density at radius 3 is 2.52 bits per heavy atom. The molecule has 0 spiro atoms. The minimum absolute atomic E-state index is 0.00766. The summed E-state index contributed by atoms with van der Waals surface area (Å²) in [5, 5.41) is 6.00. The van der Waals surface area contributed by atoms with Crippen molar-refractivity contribution in [1.29, 1.82) is 0 Å². The lowest BCUT2D eigenvalue weighted by Crippen LogP contribution is -2.37. The van der Waals surface area contributed by atoms with Gasteiger partial charge in [0, 0.05) is 32.6 Å². The van der Waals surface area contributed by atoms with Gasteiger partial charge in [0.15, 0.2) is 0 Å². The topological polar surface area (TPSA) is 70.2 Å². The molecule has 0 radical (unpaired) electrons. The van der Waals surface area contributed by atoms with Gasteiger partial charge in [-0.05, 0) is 12.8 Å². The van der Waals surface area contributed by atoms with E-state index in [0.717, 1.165) is 29.4 Å². The highest BCUT2D eigenvalue weighted by atomic mass is 16.2. The number of anilines is 2. The highest BCUT2D eigenvalue weighted by Gasteiger charge is 2.15. The minimum atomic E-state index is 0.00766. The first kappa shape index (κ1) is 17.2. The molecular formula is C15H27N5O. The number of amides is 1. The number of aryl methyl sites for hydroxylation is 1. The number of nitrogens with zero attached hydrogens (tertiary/aromatic N) is 3. The third-order valence-electron chi connectivity index (χ3n) is 3.17. The summed E-state index contributed by atoms with van der Waals surface area (Å²) in [4.78, 5) is 22.8. The highest BCUT2D eigenvalue weighted by molar-refractivity contribution is 5.81. The molecule has 1 amide bonds. The second-order valence-electron chi connectivity index (χ2n) is 5.59. The van der Waals surface area contributed by atoms with E-state index >= 15 is 0 Å². The predicted octanol–water partition coefficient (Wildman–Crippen LogP) is 1.60. The molecule has 1 aromatic heterocycles. The van der Waals surface area contributed by atoms with Crippen LogP contribution in [-0.2, 0) is 11.2 Å². The third kappa shape index (κ3) is 4.88. The van der Waals surface area contributed by atoms with Gasteiger partial charge in [0.25, 0.3) is 0 Å².